The molecule has 1 atom stereocenters. The zero-order valence-electron chi connectivity index (χ0n) is 11.4. The Balaban J connectivity index is 1.83. The van der Waals surface area contributed by atoms with Gasteiger partial charge in [0.15, 0.2) is 0 Å². The van der Waals surface area contributed by atoms with Crippen LogP contribution in [0.15, 0.2) is 45.8 Å². The summed E-state index contributed by atoms with van der Waals surface area (Å²) < 4.78 is 5.32. The minimum atomic E-state index is -0.167. The van der Waals surface area contributed by atoms with Crippen LogP contribution >= 0.6 is 11.6 Å². The van der Waals surface area contributed by atoms with Gasteiger partial charge < -0.3 is 14.7 Å². The van der Waals surface area contributed by atoms with Crippen molar-refractivity contribution in [2.75, 3.05) is 0 Å². The van der Waals surface area contributed by atoms with E-state index in [0.717, 1.165) is 5.76 Å². The molecule has 0 radical (unpaired) electrons. The molecule has 1 unspecified atom stereocenters. The molecule has 3 aromatic rings. The largest absolute Gasteiger partial charge is 0.468 e. The van der Waals surface area contributed by atoms with Crippen molar-refractivity contribution in [3.63, 3.8) is 0 Å². The highest BCUT2D eigenvalue weighted by atomic mass is 35.5. The Morgan fingerprint density at radius 1 is 1.43 bits per heavy atom. The van der Waals surface area contributed by atoms with Crippen molar-refractivity contribution in [3.05, 3.63) is 63.6 Å². The van der Waals surface area contributed by atoms with E-state index in [4.69, 9.17) is 16.0 Å². The van der Waals surface area contributed by atoms with E-state index in [9.17, 15) is 4.79 Å². The Labute approximate surface area is 126 Å². The van der Waals surface area contributed by atoms with E-state index in [1.54, 1.807) is 24.5 Å². The van der Waals surface area contributed by atoms with Crippen molar-refractivity contribution in [3.8, 4) is 0 Å². The number of halogens is 1. The number of aromatic amines is 1. The van der Waals surface area contributed by atoms with Gasteiger partial charge in [0.05, 0.1) is 29.8 Å². The summed E-state index contributed by atoms with van der Waals surface area (Å²) >= 11 is 5.94. The summed E-state index contributed by atoms with van der Waals surface area (Å²) in [5, 5.41) is 4.34. The fourth-order valence-electron chi connectivity index (χ4n) is 2.13. The van der Waals surface area contributed by atoms with E-state index in [0.29, 0.717) is 28.3 Å². The molecule has 0 fully saturated rings. The Hall–Kier alpha value is -2.11. The van der Waals surface area contributed by atoms with Gasteiger partial charge in [0.2, 0.25) is 0 Å². The first-order chi connectivity index (χ1) is 10.1. The second-order valence-corrected chi connectivity index (χ2v) is 5.23. The molecular weight excluding hydrogens is 290 g/mol. The summed E-state index contributed by atoms with van der Waals surface area (Å²) in [5.41, 5.74) is 0.424. The summed E-state index contributed by atoms with van der Waals surface area (Å²) in [6, 6.07) is 8.80. The first-order valence-electron chi connectivity index (χ1n) is 6.59. The van der Waals surface area contributed by atoms with Gasteiger partial charge in [-0.3, -0.25) is 4.79 Å². The molecule has 0 amide bonds. The molecule has 2 heterocycles. The SMILES string of the molecule is CC(NCc1nc2cc(Cl)ccc2c(=O)[nH]1)c1ccco1. The van der Waals surface area contributed by atoms with Crippen molar-refractivity contribution in [1.82, 2.24) is 15.3 Å². The number of rotatable bonds is 4. The minimum absolute atomic E-state index is 0.0281. The zero-order chi connectivity index (χ0) is 14.8. The van der Waals surface area contributed by atoms with Gasteiger partial charge >= 0.3 is 0 Å². The molecule has 0 spiro atoms. The molecule has 0 aliphatic heterocycles. The lowest BCUT2D eigenvalue weighted by atomic mass is 10.2. The summed E-state index contributed by atoms with van der Waals surface area (Å²) in [6.07, 6.45) is 1.63. The normalized spacial score (nSPS) is 12.7. The van der Waals surface area contributed by atoms with E-state index in [1.807, 2.05) is 19.1 Å². The van der Waals surface area contributed by atoms with Gasteiger partial charge in [-0.15, -0.1) is 0 Å². The fourth-order valence-corrected chi connectivity index (χ4v) is 2.30. The second kappa shape index (κ2) is 5.71. The van der Waals surface area contributed by atoms with Gasteiger partial charge in [0, 0.05) is 5.02 Å². The molecule has 21 heavy (non-hydrogen) atoms. The maximum Gasteiger partial charge on any atom is 0.258 e. The quantitative estimate of drug-likeness (QED) is 0.777. The smallest absolute Gasteiger partial charge is 0.258 e. The number of aromatic nitrogens is 2. The molecule has 6 heteroatoms. The van der Waals surface area contributed by atoms with Crippen molar-refractivity contribution in [2.45, 2.75) is 19.5 Å². The molecule has 2 aromatic heterocycles. The third-order valence-corrected chi connectivity index (χ3v) is 3.50. The van der Waals surface area contributed by atoms with E-state index < -0.39 is 0 Å². The van der Waals surface area contributed by atoms with Gasteiger partial charge in [0.25, 0.3) is 5.56 Å². The van der Waals surface area contributed by atoms with Crippen molar-refractivity contribution >= 4 is 22.5 Å². The topological polar surface area (TPSA) is 70.9 Å². The van der Waals surface area contributed by atoms with Crippen LogP contribution in [0, 0.1) is 0 Å². The first-order valence-corrected chi connectivity index (χ1v) is 6.96. The van der Waals surface area contributed by atoms with Crippen LogP contribution in [0.25, 0.3) is 10.9 Å². The number of furan rings is 1. The van der Waals surface area contributed by atoms with E-state index >= 15 is 0 Å². The third-order valence-electron chi connectivity index (χ3n) is 3.26. The molecule has 0 saturated carbocycles. The number of hydrogen-bond acceptors (Lipinski definition) is 4. The van der Waals surface area contributed by atoms with Crippen LogP contribution in [0.3, 0.4) is 0 Å². The molecule has 1 aromatic carbocycles. The van der Waals surface area contributed by atoms with Crippen molar-refractivity contribution < 1.29 is 4.42 Å². The Morgan fingerprint density at radius 3 is 3.05 bits per heavy atom. The van der Waals surface area contributed by atoms with E-state index in [-0.39, 0.29) is 11.6 Å². The van der Waals surface area contributed by atoms with Crippen LogP contribution in [-0.4, -0.2) is 9.97 Å². The highest BCUT2D eigenvalue weighted by Crippen LogP contribution is 2.15. The number of fused-ring (bicyclic) bond motifs is 1. The van der Waals surface area contributed by atoms with Crippen molar-refractivity contribution in [1.29, 1.82) is 0 Å². The predicted octanol–water partition coefficient (Wildman–Crippen LogP) is 3.02. The Morgan fingerprint density at radius 2 is 2.29 bits per heavy atom. The maximum atomic E-state index is 12.0. The summed E-state index contributed by atoms with van der Waals surface area (Å²) in [4.78, 5) is 19.2. The molecule has 0 aliphatic rings. The third kappa shape index (κ3) is 2.99. The maximum absolute atomic E-state index is 12.0. The van der Waals surface area contributed by atoms with Gasteiger partial charge in [-0.2, -0.15) is 0 Å². The number of H-pyrrole nitrogens is 1. The van der Waals surface area contributed by atoms with Crippen LogP contribution in [-0.2, 0) is 6.54 Å². The van der Waals surface area contributed by atoms with Crippen molar-refractivity contribution in [2.24, 2.45) is 0 Å². The number of benzene rings is 1. The summed E-state index contributed by atoms with van der Waals surface area (Å²) in [7, 11) is 0. The Bertz CT molecular complexity index is 811. The van der Waals surface area contributed by atoms with Crippen LogP contribution < -0.4 is 10.9 Å². The van der Waals surface area contributed by atoms with Gasteiger partial charge in [0.1, 0.15) is 11.6 Å². The molecular formula is C15H14ClN3O2. The molecule has 3 rings (SSSR count). The Kier molecular flexibility index (Phi) is 3.77. The van der Waals surface area contributed by atoms with E-state index in [2.05, 4.69) is 15.3 Å². The number of nitrogens with one attached hydrogen (secondary N) is 2. The standard InChI is InChI=1S/C15H14ClN3O2/c1-9(13-3-2-6-21-13)17-8-14-18-12-7-10(16)4-5-11(12)15(20)19-14/h2-7,9,17H,8H2,1H3,(H,18,19,20). The lowest BCUT2D eigenvalue weighted by molar-refractivity contribution is 0.427. The minimum Gasteiger partial charge on any atom is -0.468 e. The molecule has 108 valence electrons. The molecule has 0 saturated heterocycles. The summed E-state index contributed by atoms with van der Waals surface area (Å²) in [6.45, 7) is 2.41. The fraction of sp³-hybridized carbons (Fsp3) is 0.200. The highest BCUT2D eigenvalue weighted by molar-refractivity contribution is 6.31. The van der Waals surface area contributed by atoms with Crippen LogP contribution in [0.2, 0.25) is 5.02 Å². The average Bonchev–Trinajstić information content (AvgIpc) is 2.98. The number of hydrogen-bond donors (Lipinski definition) is 2. The van der Waals surface area contributed by atoms with Crippen LogP contribution in [0.1, 0.15) is 24.6 Å². The monoisotopic (exact) mass is 303 g/mol. The first kappa shape index (κ1) is 13.9. The predicted molar refractivity (Wildman–Crippen MR) is 81.3 cm³/mol. The molecule has 2 N–H and O–H groups in total. The molecule has 0 aliphatic carbocycles. The summed E-state index contributed by atoms with van der Waals surface area (Å²) in [5.74, 6) is 1.40. The lowest BCUT2D eigenvalue weighted by Gasteiger charge is -2.11. The lowest BCUT2D eigenvalue weighted by Crippen LogP contribution is -2.22. The highest BCUT2D eigenvalue weighted by Gasteiger charge is 2.09. The van der Waals surface area contributed by atoms with Gasteiger partial charge in [-0.05, 0) is 37.3 Å². The number of nitrogens with zero attached hydrogens (tertiary/aromatic N) is 1. The zero-order valence-corrected chi connectivity index (χ0v) is 12.1. The van der Waals surface area contributed by atoms with Gasteiger partial charge in [-0.1, -0.05) is 11.6 Å². The van der Waals surface area contributed by atoms with E-state index in [1.165, 1.54) is 0 Å². The van der Waals surface area contributed by atoms with Crippen LogP contribution in [0.4, 0.5) is 0 Å². The van der Waals surface area contributed by atoms with Gasteiger partial charge in [-0.25, -0.2) is 4.98 Å². The second-order valence-electron chi connectivity index (χ2n) is 4.79. The average molecular weight is 304 g/mol. The molecule has 5 nitrogen and oxygen atoms in total. The van der Waals surface area contributed by atoms with Crippen LogP contribution in [0.5, 0.6) is 0 Å². The molecule has 0 bridgehead atoms.